The summed E-state index contributed by atoms with van der Waals surface area (Å²) in [7, 11) is 1.53. The van der Waals surface area contributed by atoms with E-state index in [4.69, 9.17) is 5.84 Å². The number of benzene rings is 1. The van der Waals surface area contributed by atoms with E-state index in [1.165, 1.54) is 37.5 Å². The van der Waals surface area contributed by atoms with Crippen molar-refractivity contribution in [1.82, 2.24) is 10.6 Å². The molecule has 0 aliphatic rings. The Labute approximate surface area is 185 Å². The maximum atomic E-state index is 13.5. The quantitative estimate of drug-likeness (QED) is 0.157. The third kappa shape index (κ3) is 9.17. The Morgan fingerprint density at radius 3 is 2.47 bits per heavy atom. The lowest BCUT2D eigenvalue weighted by Gasteiger charge is -2.24. The van der Waals surface area contributed by atoms with Crippen LogP contribution in [0, 0.1) is 0 Å². The Morgan fingerprint density at radius 1 is 1.25 bits per heavy atom. The van der Waals surface area contributed by atoms with Gasteiger partial charge >= 0.3 is 6.18 Å². The van der Waals surface area contributed by atoms with Crippen LogP contribution in [0.5, 0.6) is 0 Å². The number of allylic oxidation sites excluding steroid dienone is 5. The van der Waals surface area contributed by atoms with E-state index in [1.807, 2.05) is 0 Å². The van der Waals surface area contributed by atoms with Crippen molar-refractivity contribution < 1.29 is 22.8 Å². The molecule has 0 aliphatic carbocycles. The first kappa shape index (κ1) is 26.6. The summed E-state index contributed by atoms with van der Waals surface area (Å²) in [5.74, 6) is 5.22. The molecule has 2 amide bonds. The standard InChI is InChI=1S/C22H28F3N5O2/c1-16(6-4-14-27-2)8-13-19(22(23,24)25)30(26)18-11-9-17(10-12-18)21(32)29-15-5-7-20(31)28-3/h4,6,9-14H,2,5,7-8,15,26H2,1,3H3,(H,28,31)(H,29,32)/b14-4-,16-6+,19-13-. The van der Waals surface area contributed by atoms with Crippen LogP contribution in [0.1, 0.15) is 36.5 Å². The first-order chi connectivity index (χ1) is 15.1. The lowest BCUT2D eigenvalue weighted by Crippen LogP contribution is -2.37. The number of anilines is 1. The molecule has 1 aromatic carbocycles. The molecule has 0 saturated carbocycles. The van der Waals surface area contributed by atoms with Gasteiger partial charge in [-0.2, -0.15) is 13.2 Å². The van der Waals surface area contributed by atoms with Crippen molar-refractivity contribution in [3.8, 4) is 0 Å². The molecule has 4 N–H and O–H groups in total. The van der Waals surface area contributed by atoms with Gasteiger partial charge in [-0.25, -0.2) is 5.84 Å². The minimum absolute atomic E-state index is 0.0283. The van der Waals surface area contributed by atoms with Gasteiger partial charge in [-0.15, -0.1) is 0 Å². The summed E-state index contributed by atoms with van der Waals surface area (Å²) >= 11 is 0. The molecule has 1 rings (SSSR count). The van der Waals surface area contributed by atoms with E-state index >= 15 is 0 Å². The first-order valence-electron chi connectivity index (χ1n) is 9.79. The van der Waals surface area contributed by atoms with Crippen LogP contribution in [-0.2, 0) is 4.79 Å². The summed E-state index contributed by atoms with van der Waals surface area (Å²) in [5, 5.41) is 5.67. The Kier molecular flexibility index (Phi) is 10.9. The summed E-state index contributed by atoms with van der Waals surface area (Å²) in [6.07, 6.45) is 1.72. The number of aliphatic imine (C=N–C) groups is 1. The van der Waals surface area contributed by atoms with Gasteiger partial charge < -0.3 is 10.6 Å². The van der Waals surface area contributed by atoms with Crippen molar-refractivity contribution in [2.45, 2.75) is 32.4 Å². The van der Waals surface area contributed by atoms with Crippen molar-refractivity contribution in [1.29, 1.82) is 0 Å². The second-order valence-electron chi connectivity index (χ2n) is 6.78. The smallest absolute Gasteiger partial charge is 0.359 e. The second kappa shape index (κ2) is 13.1. The number of alkyl halides is 3. The van der Waals surface area contributed by atoms with E-state index in [2.05, 4.69) is 22.3 Å². The summed E-state index contributed by atoms with van der Waals surface area (Å²) < 4.78 is 40.6. The molecule has 0 bridgehead atoms. The number of nitrogens with two attached hydrogens (primary N) is 1. The zero-order chi connectivity index (χ0) is 24.1. The molecule has 1 aromatic rings. The molecule has 0 unspecified atom stereocenters. The number of hydrazine groups is 1. The highest BCUT2D eigenvalue weighted by Gasteiger charge is 2.37. The predicted octanol–water partition coefficient (Wildman–Crippen LogP) is 3.62. The lowest BCUT2D eigenvalue weighted by molar-refractivity contribution is -0.120. The maximum absolute atomic E-state index is 13.5. The molecule has 7 nitrogen and oxygen atoms in total. The molecule has 0 saturated heterocycles. The van der Waals surface area contributed by atoms with Gasteiger partial charge in [-0.3, -0.25) is 19.6 Å². The Balaban J connectivity index is 2.86. The van der Waals surface area contributed by atoms with E-state index < -0.39 is 17.8 Å². The molecule has 174 valence electrons. The SMILES string of the molecule is C=N/C=C\C=C(/C)C/C=C(\N(N)c1ccc(C(=O)NCCCC(=O)NC)cc1)C(F)(F)F. The largest absolute Gasteiger partial charge is 0.432 e. The fraction of sp³-hybridized carbons (Fsp3) is 0.318. The predicted molar refractivity (Wildman–Crippen MR) is 120 cm³/mol. The van der Waals surface area contributed by atoms with E-state index in [1.54, 1.807) is 19.1 Å². The molecule has 0 heterocycles. The third-order valence-corrected chi connectivity index (χ3v) is 4.29. The highest BCUT2D eigenvalue weighted by atomic mass is 19.4. The van der Waals surface area contributed by atoms with Gasteiger partial charge in [0.1, 0.15) is 5.70 Å². The van der Waals surface area contributed by atoms with E-state index in [9.17, 15) is 22.8 Å². The zero-order valence-electron chi connectivity index (χ0n) is 18.1. The molecule has 0 radical (unpaired) electrons. The van der Waals surface area contributed by atoms with Crippen LogP contribution in [0.2, 0.25) is 0 Å². The van der Waals surface area contributed by atoms with Crippen molar-refractivity contribution in [2.24, 2.45) is 10.8 Å². The number of hydrogen-bond acceptors (Lipinski definition) is 5. The topological polar surface area (TPSA) is 99.8 Å². The Morgan fingerprint density at radius 2 is 1.91 bits per heavy atom. The number of nitrogens with one attached hydrogen (secondary N) is 2. The zero-order valence-corrected chi connectivity index (χ0v) is 18.1. The minimum Gasteiger partial charge on any atom is -0.359 e. The molecule has 0 fully saturated rings. The number of hydrogen-bond donors (Lipinski definition) is 3. The number of carbonyl (C=O) groups excluding carboxylic acids is 2. The molecule has 10 heteroatoms. The summed E-state index contributed by atoms with van der Waals surface area (Å²) in [6.45, 7) is 5.25. The van der Waals surface area contributed by atoms with E-state index in [-0.39, 0.29) is 30.0 Å². The number of halogens is 3. The molecule has 0 spiro atoms. The Bertz CT molecular complexity index is 875. The number of amides is 2. The molecular weight excluding hydrogens is 423 g/mol. The third-order valence-electron chi connectivity index (χ3n) is 4.29. The summed E-state index contributed by atoms with van der Waals surface area (Å²) in [4.78, 5) is 26.8. The van der Waals surface area contributed by atoms with Crippen LogP contribution in [0.15, 0.2) is 65.0 Å². The van der Waals surface area contributed by atoms with Gasteiger partial charge in [-0.05, 0) is 56.8 Å². The van der Waals surface area contributed by atoms with Crippen LogP contribution < -0.4 is 21.5 Å². The molecule has 32 heavy (non-hydrogen) atoms. The van der Waals surface area contributed by atoms with Gasteiger partial charge in [0.2, 0.25) is 5.91 Å². The normalized spacial score (nSPS) is 12.6. The van der Waals surface area contributed by atoms with Crippen LogP contribution >= 0.6 is 0 Å². The van der Waals surface area contributed by atoms with E-state index in [0.717, 1.165) is 6.08 Å². The van der Waals surface area contributed by atoms with Gasteiger partial charge in [0.15, 0.2) is 0 Å². The van der Waals surface area contributed by atoms with E-state index in [0.29, 0.717) is 23.5 Å². The highest BCUT2D eigenvalue weighted by molar-refractivity contribution is 5.94. The van der Waals surface area contributed by atoms with Gasteiger partial charge in [0.25, 0.3) is 5.91 Å². The van der Waals surface area contributed by atoms with Crippen LogP contribution in [0.25, 0.3) is 0 Å². The Hall–Kier alpha value is -3.40. The first-order valence-corrected chi connectivity index (χ1v) is 9.79. The fourth-order valence-corrected chi connectivity index (χ4v) is 2.53. The number of carbonyl (C=O) groups is 2. The van der Waals surface area contributed by atoms with Crippen LogP contribution in [0.4, 0.5) is 18.9 Å². The van der Waals surface area contributed by atoms with Gasteiger partial charge in [-0.1, -0.05) is 17.7 Å². The van der Waals surface area contributed by atoms with Crippen molar-refractivity contribution >= 4 is 24.2 Å². The molecule has 0 aliphatic heterocycles. The molecule has 0 atom stereocenters. The summed E-state index contributed by atoms with van der Waals surface area (Å²) in [5.41, 5.74) is -0.0193. The van der Waals surface area contributed by atoms with Crippen LogP contribution in [-0.4, -0.2) is 38.3 Å². The van der Waals surface area contributed by atoms with Gasteiger partial charge in [0.05, 0.1) is 5.69 Å². The van der Waals surface area contributed by atoms with Crippen molar-refractivity contribution in [2.75, 3.05) is 18.6 Å². The number of rotatable bonds is 11. The summed E-state index contributed by atoms with van der Waals surface area (Å²) in [6, 6.07) is 5.44. The second-order valence-corrected chi connectivity index (χ2v) is 6.78. The van der Waals surface area contributed by atoms with Gasteiger partial charge in [0, 0.05) is 31.8 Å². The highest BCUT2D eigenvalue weighted by Crippen LogP contribution is 2.31. The lowest BCUT2D eigenvalue weighted by atomic mass is 10.1. The fourth-order valence-electron chi connectivity index (χ4n) is 2.53. The average Bonchev–Trinajstić information content (AvgIpc) is 2.75. The minimum atomic E-state index is -4.67. The van der Waals surface area contributed by atoms with Crippen LogP contribution in [0.3, 0.4) is 0 Å². The van der Waals surface area contributed by atoms with Crippen molar-refractivity contribution in [3.63, 3.8) is 0 Å². The molecular formula is C22H28F3N5O2. The maximum Gasteiger partial charge on any atom is 0.432 e. The average molecular weight is 451 g/mol. The van der Waals surface area contributed by atoms with Crippen molar-refractivity contribution in [3.05, 3.63) is 65.5 Å². The monoisotopic (exact) mass is 451 g/mol. The number of nitrogens with zero attached hydrogens (tertiary/aromatic N) is 2. The molecule has 0 aromatic heterocycles.